The van der Waals surface area contributed by atoms with E-state index in [1.165, 1.54) is 6.07 Å². The zero-order valence-corrected chi connectivity index (χ0v) is 12.0. The summed E-state index contributed by atoms with van der Waals surface area (Å²) >= 11 is 0. The van der Waals surface area contributed by atoms with Crippen LogP contribution in [0.5, 0.6) is 5.75 Å². The smallest absolute Gasteiger partial charge is 0.255 e. The van der Waals surface area contributed by atoms with Gasteiger partial charge in [0.25, 0.3) is 5.91 Å². The largest absolute Gasteiger partial charge is 0.508 e. The van der Waals surface area contributed by atoms with Crippen molar-refractivity contribution in [2.24, 2.45) is 0 Å². The highest BCUT2D eigenvalue weighted by atomic mass is 16.3. The van der Waals surface area contributed by atoms with Crippen LogP contribution in [0.4, 0.5) is 0 Å². The van der Waals surface area contributed by atoms with Crippen LogP contribution in [-0.4, -0.2) is 30.1 Å². The van der Waals surface area contributed by atoms with Crippen LogP contribution in [0.25, 0.3) is 11.0 Å². The van der Waals surface area contributed by atoms with Crippen LogP contribution < -0.4 is 10.6 Å². The lowest BCUT2D eigenvalue weighted by Gasteiger charge is -2.27. The molecule has 3 N–H and O–H groups in total. The lowest BCUT2D eigenvalue weighted by atomic mass is 10.1. The molecule has 0 spiro atoms. The van der Waals surface area contributed by atoms with Crippen LogP contribution in [0, 0.1) is 6.92 Å². The molecule has 0 bridgehead atoms. The van der Waals surface area contributed by atoms with Crippen molar-refractivity contribution < 1.29 is 14.3 Å². The van der Waals surface area contributed by atoms with E-state index in [0.717, 1.165) is 18.5 Å². The predicted octanol–water partition coefficient (Wildman–Crippen LogP) is 2.17. The van der Waals surface area contributed by atoms with Gasteiger partial charge in [-0.15, -0.1) is 0 Å². The Labute approximate surface area is 118 Å². The molecule has 1 aromatic heterocycles. The number of phenols is 1. The molecule has 0 unspecified atom stereocenters. The number of carbonyl (C=O) groups is 1. The SMILES string of the molecule is CC.Cc1oc2cc(O)ccc2c1C(=O)NC1CNC1. The molecule has 108 valence electrons. The first-order valence-corrected chi connectivity index (χ1v) is 6.89. The summed E-state index contributed by atoms with van der Waals surface area (Å²) in [5.74, 6) is 0.579. The van der Waals surface area contributed by atoms with Gasteiger partial charge < -0.3 is 20.2 Å². The lowest BCUT2D eigenvalue weighted by Crippen LogP contribution is -2.56. The molecule has 1 aromatic carbocycles. The fraction of sp³-hybridized carbons (Fsp3) is 0.400. The van der Waals surface area contributed by atoms with Crippen molar-refractivity contribution in [3.8, 4) is 5.75 Å². The van der Waals surface area contributed by atoms with Gasteiger partial charge in [-0.05, 0) is 19.1 Å². The molecule has 0 saturated carbocycles. The zero-order chi connectivity index (χ0) is 14.7. The molecule has 20 heavy (non-hydrogen) atoms. The van der Waals surface area contributed by atoms with Crippen LogP contribution in [-0.2, 0) is 0 Å². The third-order valence-corrected chi connectivity index (χ3v) is 3.19. The first kappa shape index (κ1) is 14.4. The van der Waals surface area contributed by atoms with Crippen molar-refractivity contribution in [1.82, 2.24) is 10.6 Å². The van der Waals surface area contributed by atoms with E-state index in [1.807, 2.05) is 13.8 Å². The maximum atomic E-state index is 12.2. The monoisotopic (exact) mass is 276 g/mol. The van der Waals surface area contributed by atoms with Gasteiger partial charge in [0.2, 0.25) is 0 Å². The van der Waals surface area contributed by atoms with Crippen molar-refractivity contribution >= 4 is 16.9 Å². The van der Waals surface area contributed by atoms with Gasteiger partial charge in [0.15, 0.2) is 0 Å². The second-order valence-electron chi connectivity index (χ2n) is 4.54. The third kappa shape index (κ3) is 2.63. The van der Waals surface area contributed by atoms with E-state index in [-0.39, 0.29) is 17.7 Å². The van der Waals surface area contributed by atoms with E-state index in [0.29, 0.717) is 16.9 Å². The number of rotatable bonds is 2. The molecule has 5 heteroatoms. The quantitative estimate of drug-likeness (QED) is 0.786. The second kappa shape index (κ2) is 5.96. The Bertz CT molecular complexity index is 615. The number of aryl methyl sites for hydroxylation is 1. The van der Waals surface area contributed by atoms with Crippen LogP contribution in [0.15, 0.2) is 22.6 Å². The number of fused-ring (bicyclic) bond motifs is 1. The first-order valence-electron chi connectivity index (χ1n) is 6.89. The van der Waals surface area contributed by atoms with Gasteiger partial charge in [0.05, 0.1) is 11.6 Å². The van der Waals surface area contributed by atoms with E-state index < -0.39 is 0 Å². The Morgan fingerprint density at radius 3 is 2.70 bits per heavy atom. The summed E-state index contributed by atoms with van der Waals surface area (Å²) in [6.07, 6.45) is 0. The standard InChI is InChI=1S/C13H14N2O3.C2H6/c1-7-12(13(17)15-8-5-14-6-8)10-3-2-9(16)4-11(10)18-7;1-2/h2-4,8,14,16H,5-6H2,1H3,(H,15,17);1-2H3. The van der Waals surface area contributed by atoms with E-state index in [2.05, 4.69) is 10.6 Å². The topological polar surface area (TPSA) is 74.5 Å². The van der Waals surface area contributed by atoms with Crippen LogP contribution in [0.2, 0.25) is 0 Å². The number of benzene rings is 1. The highest BCUT2D eigenvalue weighted by molar-refractivity contribution is 6.07. The molecule has 1 saturated heterocycles. The number of nitrogens with one attached hydrogen (secondary N) is 2. The Hall–Kier alpha value is -2.01. The highest BCUT2D eigenvalue weighted by Gasteiger charge is 2.23. The number of furan rings is 1. The summed E-state index contributed by atoms with van der Waals surface area (Å²) < 4.78 is 5.50. The molecule has 2 aromatic rings. The molecule has 0 aliphatic carbocycles. The number of carbonyl (C=O) groups excluding carboxylic acids is 1. The van der Waals surface area contributed by atoms with E-state index in [1.54, 1.807) is 19.1 Å². The molecule has 2 heterocycles. The highest BCUT2D eigenvalue weighted by Crippen LogP contribution is 2.28. The minimum atomic E-state index is -0.122. The Kier molecular flexibility index (Phi) is 4.29. The van der Waals surface area contributed by atoms with E-state index in [9.17, 15) is 9.90 Å². The van der Waals surface area contributed by atoms with Crippen LogP contribution in [0.1, 0.15) is 30.0 Å². The second-order valence-corrected chi connectivity index (χ2v) is 4.54. The normalized spacial score (nSPS) is 14.3. The number of aromatic hydroxyl groups is 1. The van der Waals surface area contributed by atoms with Gasteiger partial charge in [-0.2, -0.15) is 0 Å². The summed E-state index contributed by atoms with van der Waals surface area (Å²) in [6.45, 7) is 7.37. The summed E-state index contributed by atoms with van der Waals surface area (Å²) in [5, 5.41) is 16.2. The lowest BCUT2D eigenvalue weighted by molar-refractivity contribution is 0.0924. The average molecular weight is 276 g/mol. The minimum absolute atomic E-state index is 0.122. The average Bonchev–Trinajstić information content (AvgIpc) is 2.71. The van der Waals surface area contributed by atoms with Gasteiger partial charge in [0.1, 0.15) is 17.1 Å². The molecule has 1 amide bonds. The predicted molar refractivity (Wildman–Crippen MR) is 78.1 cm³/mol. The molecule has 1 aliphatic rings. The number of hydrogen-bond acceptors (Lipinski definition) is 4. The third-order valence-electron chi connectivity index (χ3n) is 3.19. The Morgan fingerprint density at radius 2 is 2.10 bits per heavy atom. The maximum absolute atomic E-state index is 12.2. The van der Waals surface area contributed by atoms with E-state index in [4.69, 9.17) is 4.42 Å². The molecule has 0 radical (unpaired) electrons. The van der Waals surface area contributed by atoms with Crippen molar-refractivity contribution in [1.29, 1.82) is 0 Å². The number of amides is 1. The summed E-state index contributed by atoms with van der Waals surface area (Å²) in [6, 6.07) is 4.97. The fourth-order valence-corrected chi connectivity index (χ4v) is 2.14. The molecular formula is C15H20N2O3. The van der Waals surface area contributed by atoms with Crippen molar-refractivity contribution in [2.75, 3.05) is 13.1 Å². The Balaban J connectivity index is 0.000000704. The van der Waals surface area contributed by atoms with E-state index >= 15 is 0 Å². The van der Waals surface area contributed by atoms with Gasteiger partial charge in [-0.25, -0.2) is 0 Å². The fourth-order valence-electron chi connectivity index (χ4n) is 2.14. The van der Waals surface area contributed by atoms with Crippen molar-refractivity contribution in [3.63, 3.8) is 0 Å². The molecule has 5 nitrogen and oxygen atoms in total. The molecule has 3 rings (SSSR count). The van der Waals surface area contributed by atoms with Gasteiger partial charge in [0, 0.05) is 24.5 Å². The van der Waals surface area contributed by atoms with Crippen LogP contribution in [0.3, 0.4) is 0 Å². The minimum Gasteiger partial charge on any atom is -0.508 e. The number of phenolic OH excluding ortho intramolecular Hbond substituents is 1. The van der Waals surface area contributed by atoms with Crippen LogP contribution >= 0.6 is 0 Å². The molecule has 1 aliphatic heterocycles. The molecule has 0 atom stereocenters. The van der Waals surface area contributed by atoms with Gasteiger partial charge >= 0.3 is 0 Å². The van der Waals surface area contributed by atoms with Gasteiger partial charge in [-0.3, -0.25) is 4.79 Å². The molecule has 1 fully saturated rings. The van der Waals surface area contributed by atoms with Gasteiger partial charge in [-0.1, -0.05) is 13.8 Å². The zero-order valence-electron chi connectivity index (χ0n) is 12.0. The summed E-state index contributed by atoms with van der Waals surface area (Å²) in [7, 11) is 0. The number of hydrogen-bond donors (Lipinski definition) is 3. The Morgan fingerprint density at radius 1 is 1.40 bits per heavy atom. The first-order chi connectivity index (χ1) is 9.65. The van der Waals surface area contributed by atoms with Crippen molar-refractivity contribution in [2.45, 2.75) is 26.8 Å². The maximum Gasteiger partial charge on any atom is 0.255 e. The summed E-state index contributed by atoms with van der Waals surface area (Å²) in [5.41, 5.74) is 1.08. The molecular weight excluding hydrogens is 256 g/mol. The van der Waals surface area contributed by atoms with Crippen molar-refractivity contribution in [3.05, 3.63) is 29.5 Å². The summed E-state index contributed by atoms with van der Waals surface area (Å²) in [4.78, 5) is 12.2.